The molecule has 0 aliphatic carbocycles. The van der Waals surface area contributed by atoms with Crippen LogP contribution in [0.1, 0.15) is 51.4 Å². The second-order valence-electron chi connectivity index (χ2n) is 6.99. The van der Waals surface area contributed by atoms with Crippen molar-refractivity contribution in [2.45, 2.75) is 59.2 Å². The molecule has 0 amide bonds. The summed E-state index contributed by atoms with van der Waals surface area (Å²) in [5.74, 6) is 0. The smallest absolute Gasteiger partial charge is 0.0762 e. The highest BCUT2D eigenvalue weighted by atomic mass is 15.3. The Morgan fingerprint density at radius 2 is 1.76 bits per heavy atom. The lowest BCUT2D eigenvalue weighted by Gasteiger charge is -2.19. The fourth-order valence-electron chi connectivity index (χ4n) is 2.19. The van der Waals surface area contributed by atoms with Gasteiger partial charge in [-0.3, -0.25) is 4.68 Å². The van der Waals surface area contributed by atoms with E-state index in [1.807, 2.05) is 4.68 Å². The van der Waals surface area contributed by atoms with Crippen molar-refractivity contribution in [2.24, 2.45) is 0 Å². The molecule has 0 spiro atoms. The number of aromatic nitrogens is 2. The largest absolute Gasteiger partial charge is 0.309 e. The Hall–Kier alpha value is -1.61. The summed E-state index contributed by atoms with van der Waals surface area (Å²) >= 11 is 0. The van der Waals surface area contributed by atoms with E-state index in [4.69, 9.17) is 0 Å². The van der Waals surface area contributed by atoms with Gasteiger partial charge in [0.1, 0.15) is 0 Å². The highest BCUT2D eigenvalue weighted by molar-refractivity contribution is 5.27. The van der Waals surface area contributed by atoms with E-state index in [1.54, 1.807) is 0 Å². The molecule has 1 aromatic heterocycles. The Labute approximate surface area is 128 Å². The van der Waals surface area contributed by atoms with Crippen molar-refractivity contribution < 1.29 is 0 Å². The quantitative estimate of drug-likeness (QED) is 0.907. The van der Waals surface area contributed by atoms with Gasteiger partial charge in [-0.1, -0.05) is 58.9 Å². The molecule has 0 aliphatic heterocycles. The van der Waals surface area contributed by atoms with Crippen molar-refractivity contribution in [3.63, 3.8) is 0 Å². The average molecular weight is 285 g/mol. The van der Waals surface area contributed by atoms with Crippen LogP contribution in [0.2, 0.25) is 0 Å². The molecular formula is C18H27N3. The lowest BCUT2D eigenvalue weighted by atomic mass is 9.87. The van der Waals surface area contributed by atoms with Crippen LogP contribution in [-0.4, -0.2) is 15.8 Å². The fraction of sp³-hybridized carbons (Fsp3) is 0.500. The second kappa shape index (κ2) is 6.44. The van der Waals surface area contributed by atoms with Gasteiger partial charge in [-0.05, 0) is 22.6 Å². The van der Waals surface area contributed by atoms with Gasteiger partial charge in [-0.15, -0.1) is 0 Å². The summed E-state index contributed by atoms with van der Waals surface area (Å²) in [6, 6.07) is 11.4. The lowest BCUT2D eigenvalue weighted by Crippen LogP contribution is -2.22. The first kappa shape index (κ1) is 15.8. The molecule has 2 aromatic rings. The van der Waals surface area contributed by atoms with Crippen molar-refractivity contribution >= 4 is 0 Å². The number of benzene rings is 1. The highest BCUT2D eigenvalue weighted by Gasteiger charge is 2.12. The summed E-state index contributed by atoms with van der Waals surface area (Å²) in [5, 5.41) is 7.99. The van der Waals surface area contributed by atoms with Crippen LogP contribution < -0.4 is 5.32 Å². The Bertz CT molecular complexity index is 559. The Morgan fingerprint density at radius 3 is 2.33 bits per heavy atom. The van der Waals surface area contributed by atoms with E-state index in [2.05, 4.69) is 81.6 Å². The van der Waals surface area contributed by atoms with E-state index < -0.39 is 0 Å². The number of hydrogen-bond donors (Lipinski definition) is 1. The minimum Gasteiger partial charge on any atom is -0.309 e. The van der Waals surface area contributed by atoms with Crippen molar-refractivity contribution in [2.75, 3.05) is 0 Å². The van der Waals surface area contributed by atoms with Gasteiger partial charge in [-0.2, -0.15) is 5.10 Å². The zero-order chi connectivity index (χ0) is 15.5. The van der Waals surface area contributed by atoms with Gasteiger partial charge in [0, 0.05) is 18.8 Å². The number of nitrogens with zero attached hydrogens (tertiary/aromatic N) is 2. The molecule has 1 heterocycles. The average Bonchev–Trinajstić information content (AvgIpc) is 2.83. The van der Waals surface area contributed by atoms with Gasteiger partial charge >= 0.3 is 0 Å². The molecule has 21 heavy (non-hydrogen) atoms. The van der Waals surface area contributed by atoms with Crippen LogP contribution in [0.4, 0.5) is 0 Å². The Balaban J connectivity index is 1.98. The van der Waals surface area contributed by atoms with Crippen molar-refractivity contribution in [3.05, 3.63) is 53.3 Å². The van der Waals surface area contributed by atoms with Crippen molar-refractivity contribution in [1.82, 2.24) is 15.1 Å². The van der Waals surface area contributed by atoms with E-state index >= 15 is 0 Å². The number of hydrogen-bond acceptors (Lipinski definition) is 2. The van der Waals surface area contributed by atoms with Crippen LogP contribution in [0.3, 0.4) is 0 Å². The van der Waals surface area contributed by atoms with Gasteiger partial charge < -0.3 is 5.32 Å². The van der Waals surface area contributed by atoms with E-state index in [9.17, 15) is 0 Å². The fourth-order valence-corrected chi connectivity index (χ4v) is 2.19. The highest BCUT2D eigenvalue weighted by Crippen LogP contribution is 2.22. The summed E-state index contributed by atoms with van der Waals surface area (Å²) in [6.45, 7) is 12.7. The maximum absolute atomic E-state index is 4.60. The first-order valence-corrected chi connectivity index (χ1v) is 7.70. The van der Waals surface area contributed by atoms with Gasteiger partial charge in [0.05, 0.1) is 12.2 Å². The van der Waals surface area contributed by atoms with Crippen LogP contribution in [0.15, 0.2) is 36.5 Å². The SMILES string of the molecule is CC(C)NCc1ccn(Cc2ccc(C(C)(C)C)cc2)n1. The van der Waals surface area contributed by atoms with Gasteiger partial charge in [-0.25, -0.2) is 0 Å². The monoisotopic (exact) mass is 285 g/mol. The molecule has 0 atom stereocenters. The van der Waals surface area contributed by atoms with Crippen LogP contribution >= 0.6 is 0 Å². The summed E-state index contributed by atoms with van der Waals surface area (Å²) < 4.78 is 2.00. The van der Waals surface area contributed by atoms with Crippen molar-refractivity contribution in [3.8, 4) is 0 Å². The standard InChI is InChI=1S/C18H27N3/c1-14(2)19-12-17-10-11-21(20-17)13-15-6-8-16(9-7-15)18(3,4)5/h6-11,14,19H,12-13H2,1-5H3. The van der Waals surface area contributed by atoms with E-state index in [1.165, 1.54) is 11.1 Å². The maximum Gasteiger partial charge on any atom is 0.0762 e. The summed E-state index contributed by atoms with van der Waals surface area (Å²) in [5.41, 5.74) is 3.96. The molecule has 2 rings (SSSR count). The summed E-state index contributed by atoms with van der Waals surface area (Å²) in [4.78, 5) is 0. The Kier molecular flexibility index (Phi) is 4.84. The molecule has 0 aliphatic rings. The molecule has 3 heteroatoms. The molecule has 3 nitrogen and oxygen atoms in total. The van der Waals surface area contributed by atoms with E-state index in [0.717, 1.165) is 18.8 Å². The molecule has 0 fully saturated rings. The van der Waals surface area contributed by atoms with Crippen LogP contribution in [0, 0.1) is 0 Å². The third-order valence-electron chi connectivity index (χ3n) is 3.55. The third kappa shape index (κ3) is 4.71. The minimum absolute atomic E-state index is 0.208. The molecule has 0 unspecified atom stereocenters. The molecule has 0 saturated carbocycles. The Morgan fingerprint density at radius 1 is 1.10 bits per heavy atom. The van der Waals surface area contributed by atoms with Crippen LogP contribution in [0.25, 0.3) is 0 Å². The number of nitrogens with one attached hydrogen (secondary N) is 1. The molecule has 0 bridgehead atoms. The molecule has 1 N–H and O–H groups in total. The zero-order valence-electron chi connectivity index (χ0n) is 13.9. The third-order valence-corrected chi connectivity index (χ3v) is 3.55. The first-order valence-electron chi connectivity index (χ1n) is 7.70. The van der Waals surface area contributed by atoms with Gasteiger partial charge in [0.25, 0.3) is 0 Å². The normalized spacial score (nSPS) is 12.1. The lowest BCUT2D eigenvalue weighted by molar-refractivity contribution is 0.569. The van der Waals surface area contributed by atoms with E-state index in [0.29, 0.717) is 6.04 Å². The summed E-state index contributed by atoms with van der Waals surface area (Å²) in [6.07, 6.45) is 2.05. The van der Waals surface area contributed by atoms with Gasteiger partial charge in [0.2, 0.25) is 0 Å². The topological polar surface area (TPSA) is 29.9 Å². The van der Waals surface area contributed by atoms with Gasteiger partial charge in [0.15, 0.2) is 0 Å². The molecular weight excluding hydrogens is 258 g/mol. The zero-order valence-corrected chi connectivity index (χ0v) is 13.9. The molecule has 114 valence electrons. The second-order valence-corrected chi connectivity index (χ2v) is 6.99. The molecule has 0 radical (unpaired) electrons. The maximum atomic E-state index is 4.60. The predicted molar refractivity (Wildman–Crippen MR) is 88.4 cm³/mol. The van der Waals surface area contributed by atoms with Crippen LogP contribution in [0.5, 0.6) is 0 Å². The number of rotatable bonds is 5. The first-order chi connectivity index (χ1) is 9.84. The molecule has 1 aromatic carbocycles. The molecule has 0 saturated heterocycles. The van der Waals surface area contributed by atoms with Crippen LogP contribution in [-0.2, 0) is 18.5 Å². The predicted octanol–water partition coefficient (Wildman–Crippen LogP) is 3.73. The van der Waals surface area contributed by atoms with E-state index in [-0.39, 0.29) is 5.41 Å². The summed E-state index contributed by atoms with van der Waals surface area (Å²) in [7, 11) is 0. The minimum atomic E-state index is 0.208. The van der Waals surface area contributed by atoms with Crippen molar-refractivity contribution in [1.29, 1.82) is 0 Å².